The summed E-state index contributed by atoms with van der Waals surface area (Å²) in [5.41, 5.74) is 0.689. The van der Waals surface area contributed by atoms with E-state index in [1.807, 2.05) is 6.92 Å². The Balaban J connectivity index is 1.93. The van der Waals surface area contributed by atoms with Crippen LogP contribution in [0.25, 0.3) is 0 Å². The summed E-state index contributed by atoms with van der Waals surface area (Å²) in [6.45, 7) is 3.15. The summed E-state index contributed by atoms with van der Waals surface area (Å²) >= 11 is 6.01. The van der Waals surface area contributed by atoms with Gasteiger partial charge in [-0.15, -0.1) is 0 Å². The lowest BCUT2D eigenvalue weighted by atomic mass is 10.2. The molecule has 0 aliphatic carbocycles. The van der Waals surface area contributed by atoms with Gasteiger partial charge in [0.25, 0.3) is 10.0 Å². The van der Waals surface area contributed by atoms with E-state index in [1.54, 1.807) is 48.5 Å². The minimum Gasteiger partial charge on any atom is -0.494 e. The van der Waals surface area contributed by atoms with Crippen molar-refractivity contribution in [2.75, 3.05) is 19.7 Å². The van der Waals surface area contributed by atoms with Gasteiger partial charge in [-0.3, -0.25) is 4.99 Å². The standard InChI is InChI=1S/C17H17ClN2O3S/c1-2-23-15-6-8-16(9-7-15)24(21,22)20-11-10-19-17(20)13-4-3-5-14(18)12-13/h3-9,12H,2,10-11H2,1H3. The number of sulfonamides is 1. The van der Waals surface area contributed by atoms with Crippen molar-refractivity contribution in [1.82, 2.24) is 4.31 Å². The van der Waals surface area contributed by atoms with Gasteiger partial charge in [0.15, 0.2) is 0 Å². The lowest BCUT2D eigenvalue weighted by molar-refractivity contribution is 0.340. The second kappa shape index (κ2) is 6.83. The average Bonchev–Trinajstić information content (AvgIpc) is 3.06. The molecule has 0 radical (unpaired) electrons. The van der Waals surface area contributed by atoms with E-state index in [-0.39, 0.29) is 4.90 Å². The van der Waals surface area contributed by atoms with Crippen LogP contribution >= 0.6 is 11.6 Å². The molecule has 0 aromatic heterocycles. The summed E-state index contributed by atoms with van der Waals surface area (Å²) in [5, 5.41) is 0.542. The number of benzene rings is 2. The van der Waals surface area contributed by atoms with E-state index in [1.165, 1.54) is 4.31 Å². The molecule has 2 aromatic carbocycles. The van der Waals surface area contributed by atoms with Gasteiger partial charge in [0.1, 0.15) is 11.6 Å². The maximum Gasteiger partial charge on any atom is 0.265 e. The summed E-state index contributed by atoms with van der Waals surface area (Å²) in [7, 11) is -3.68. The minimum absolute atomic E-state index is 0.211. The van der Waals surface area contributed by atoms with Crippen molar-refractivity contribution in [2.45, 2.75) is 11.8 Å². The molecule has 0 unspecified atom stereocenters. The fourth-order valence-corrected chi connectivity index (χ4v) is 4.17. The third-order valence-electron chi connectivity index (χ3n) is 3.61. The van der Waals surface area contributed by atoms with Crippen molar-refractivity contribution in [3.05, 3.63) is 59.1 Å². The highest BCUT2D eigenvalue weighted by Crippen LogP contribution is 2.24. The molecule has 3 rings (SSSR count). The summed E-state index contributed by atoms with van der Waals surface area (Å²) in [6, 6.07) is 13.4. The molecule has 0 atom stereocenters. The molecule has 7 heteroatoms. The van der Waals surface area contributed by atoms with E-state index in [9.17, 15) is 8.42 Å². The first-order valence-electron chi connectivity index (χ1n) is 7.58. The Bertz CT molecular complexity index is 864. The van der Waals surface area contributed by atoms with Gasteiger partial charge in [-0.1, -0.05) is 23.7 Å². The summed E-state index contributed by atoms with van der Waals surface area (Å²) in [5.74, 6) is 1.06. The van der Waals surface area contributed by atoms with E-state index < -0.39 is 10.0 Å². The van der Waals surface area contributed by atoms with Crippen LogP contribution in [-0.2, 0) is 10.0 Å². The molecule has 0 amide bonds. The van der Waals surface area contributed by atoms with Crippen molar-refractivity contribution >= 4 is 27.5 Å². The first-order valence-corrected chi connectivity index (χ1v) is 9.40. The van der Waals surface area contributed by atoms with Gasteiger partial charge in [0.2, 0.25) is 0 Å². The van der Waals surface area contributed by atoms with E-state index in [2.05, 4.69) is 4.99 Å². The SMILES string of the molecule is CCOc1ccc(S(=O)(=O)N2CCN=C2c2cccc(Cl)c2)cc1. The van der Waals surface area contributed by atoms with Crippen LogP contribution in [0.4, 0.5) is 0 Å². The van der Waals surface area contributed by atoms with Crippen LogP contribution in [0.5, 0.6) is 5.75 Å². The molecule has 0 spiro atoms. The highest BCUT2D eigenvalue weighted by atomic mass is 35.5. The molecule has 0 N–H and O–H groups in total. The number of aliphatic imine (C=N–C) groups is 1. The first-order chi connectivity index (χ1) is 11.5. The molecule has 0 fully saturated rings. The summed E-state index contributed by atoms with van der Waals surface area (Å²) in [4.78, 5) is 4.56. The number of hydrogen-bond acceptors (Lipinski definition) is 4. The van der Waals surface area contributed by atoms with Crippen LogP contribution in [0.1, 0.15) is 12.5 Å². The van der Waals surface area contributed by atoms with E-state index >= 15 is 0 Å². The maximum absolute atomic E-state index is 12.9. The number of ether oxygens (including phenoxy) is 1. The van der Waals surface area contributed by atoms with Crippen molar-refractivity contribution in [3.63, 3.8) is 0 Å². The molecule has 1 heterocycles. The fraction of sp³-hybridized carbons (Fsp3) is 0.235. The number of nitrogens with zero attached hydrogens (tertiary/aromatic N) is 2. The largest absolute Gasteiger partial charge is 0.494 e. The van der Waals surface area contributed by atoms with E-state index in [0.717, 1.165) is 0 Å². The third kappa shape index (κ3) is 3.25. The number of amidine groups is 1. The molecule has 24 heavy (non-hydrogen) atoms. The molecule has 1 aliphatic heterocycles. The molecule has 126 valence electrons. The van der Waals surface area contributed by atoms with Crippen molar-refractivity contribution in [1.29, 1.82) is 0 Å². The number of hydrogen-bond donors (Lipinski definition) is 0. The monoisotopic (exact) mass is 364 g/mol. The quantitative estimate of drug-likeness (QED) is 0.818. The maximum atomic E-state index is 12.9. The molecular weight excluding hydrogens is 348 g/mol. The molecule has 0 saturated heterocycles. The Labute approximate surface area is 146 Å². The van der Waals surface area contributed by atoms with Crippen LogP contribution in [0.3, 0.4) is 0 Å². The topological polar surface area (TPSA) is 59.0 Å². The molecular formula is C17H17ClN2O3S. The van der Waals surface area contributed by atoms with E-state index in [4.69, 9.17) is 16.3 Å². The van der Waals surface area contributed by atoms with Gasteiger partial charge in [-0.2, -0.15) is 0 Å². The van der Waals surface area contributed by atoms with Gasteiger partial charge in [0, 0.05) is 10.6 Å². The van der Waals surface area contributed by atoms with Gasteiger partial charge in [-0.05, 0) is 43.3 Å². The molecule has 1 aliphatic rings. The van der Waals surface area contributed by atoms with Crippen molar-refractivity contribution in [3.8, 4) is 5.75 Å². The van der Waals surface area contributed by atoms with Crippen molar-refractivity contribution in [2.24, 2.45) is 4.99 Å². The van der Waals surface area contributed by atoms with Crippen LogP contribution in [0.15, 0.2) is 58.4 Å². The van der Waals surface area contributed by atoms with Gasteiger partial charge in [0.05, 0.1) is 24.6 Å². The smallest absolute Gasteiger partial charge is 0.265 e. The van der Waals surface area contributed by atoms with Crippen LogP contribution < -0.4 is 4.74 Å². The number of halogens is 1. The first kappa shape index (κ1) is 16.8. The van der Waals surface area contributed by atoms with Gasteiger partial charge < -0.3 is 4.74 Å². The van der Waals surface area contributed by atoms with E-state index in [0.29, 0.717) is 41.9 Å². The fourth-order valence-electron chi connectivity index (χ4n) is 2.53. The predicted octanol–water partition coefficient (Wildman–Crippen LogP) is 3.19. The second-order valence-electron chi connectivity index (χ2n) is 5.20. The summed E-state index contributed by atoms with van der Waals surface area (Å²) < 4.78 is 32.6. The zero-order valence-corrected chi connectivity index (χ0v) is 14.7. The Morgan fingerprint density at radius 3 is 2.62 bits per heavy atom. The zero-order chi connectivity index (χ0) is 17.2. The second-order valence-corrected chi connectivity index (χ2v) is 7.50. The Morgan fingerprint density at radius 2 is 1.96 bits per heavy atom. The van der Waals surface area contributed by atoms with Gasteiger partial charge >= 0.3 is 0 Å². The van der Waals surface area contributed by atoms with Gasteiger partial charge in [-0.25, -0.2) is 12.7 Å². The minimum atomic E-state index is -3.68. The van der Waals surface area contributed by atoms with Crippen LogP contribution in [-0.4, -0.2) is 38.3 Å². The summed E-state index contributed by atoms with van der Waals surface area (Å²) in [6.07, 6.45) is 0. The molecule has 5 nitrogen and oxygen atoms in total. The average molecular weight is 365 g/mol. The Morgan fingerprint density at radius 1 is 1.21 bits per heavy atom. The predicted molar refractivity (Wildman–Crippen MR) is 94.4 cm³/mol. The zero-order valence-electron chi connectivity index (χ0n) is 13.1. The van der Waals surface area contributed by atoms with Crippen molar-refractivity contribution < 1.29 is 13.2 Å². The van der Waals surface area contributed by atoms with Crippen LogP contribution in [0.2, 0.25) is 5.02 Å². The normalized spacial score (nSPS) is 14.6. The third-order valence-corrected chi connectivity index (χ3v) is 5.65. The Hall–Kier alpha value is -2.05. The lowest BCUT2D eigenvalue weighted by Crippen LogP contribution is -2.34. The molecule has 0 bridgehead atoms. The highest BCUT2D eigenvalue weighted by Gasteiger charge is 2.31. The highest BCUT2D eigenvalue weighted by molar-refractivity contribution is 7.89. The Kier molecular flexibility index (Phi) is 4.78. The molecule has 0 saturated carbocycles. The van der Waals surface area contributed by atoms with Crippen LogP contribution in [0, 0.1) is 0 Å². The lowest BCUT2D eigenvalue weighted by Gasteiger charge is -2.20. The molecule has 2 aromatic rings. The number of rotatable bonds is 5.